The van der Waals surface area contributed by atoms with Crippen molar-refractivity contribution in [1.29, 1.82) is 0 Å². The quantitative estimate of drug-likeness (QED) is 0.564. The van der Waals surface area contributed by atoms with E-state index in [9.17, 15) is 0 Å². The Labute approximate surface area is 126 Å². The van der Waals surface area contributed by atoms with Crippen LogP contribution in [0.5, 0.6) is 0 Å². The van der Waals surface area contributed by atoms with Crippen LogP contribution in [0.2, 0.25) is 0 Å². The van der Waals surface area contributed by atoms with Gasteiger partial charge in [-0.2, -0.15) is 0 Å². The van der Waals surface area contributed by atoms with Crippen LogP contribution in [0.1, 0.15) is 0 Å². The van der Waals surface area contributed by atoms with Crippen LogP contribution in [0.3, 0.4) is 0 Å². The molecule has 95 valence electrons. The molecule has 0 aliphatic carbocycles. The molecule has 0 saturated carbocycles. The van der Waals surface area contributed by atoms with Crippen molar-refractivity contribution in [1.82, 2.24) is 4.98 Å². The minimum atomic E-state index is 0. The van der Waals surface area contributed by atoms with Crippen molar-refractivity contribution in [2.45, 2.75) is 0 Å². The van der Waals surface area contributed by atoms with Crippen LogP contribution in [-0.4, -0.2) is 4.98 Å². The maximum atomic E-state index is 4.32. The van der Waals surface area contributed by atoms with Crippen molar-refractivity contribution in [3.8, 4) is 22.4 Å². The monoisotopic (exact) mass is 423 g/mol. The number of aromatic nitrogens is 1. The maximum absolute atomic E-state index is 4.32. The van der Waals surface area contributed by atoms with Crippen molar-refractivity contribution in [2.24, 2.45) is 0 Å². The van der Waals surface area contributed by atoms with E-state index in [1.54, 1.807) is 6.20 Å². The van der Waals surface area contributed by atoms with Gasteiger partial charge in [-0.15, -0.1) is 29.8 Å². The molecule has 1 aromatic heterocycles. The van der Waals surface area contributed by atoms with E-state index in [0.29, 0.717) is 0 Å². The van der Waals surface area contributed by atoms with E-state index in [4.69, 9.17) is 0 Å². The second-order valence-electron chi connectivity index (χ2n) is 4.07. The zero-order valence-electron chi connectivity index (χ0n) is 10.2. The smallest absolute Gasteiger partial charge is 0.0160 e. The van der Waals surface area contributed by atoms with E-state index in [-0.39, 0.29) is 20.1 Å². The summed E-state index contributed by atoms with van der Waals surface area (Å²) in [6.07, 6.45) is 1.80. The molecule has 0 aliphatic heterocycles. The Balaban J connectivity index is 0.00000133. The molecule has 0 spiro atoms. The molecular formula is C17H12IrN-. The van der Waals surface area contributed by atoms with Gasteiger partial charge in [0.1, 0.15) is 0 Å². The fraction of sp³-hybridized carbons (Fsp3) is 0. The summed E-state index contributed by atoms with van der Waals surface area (Å²) in [7, 11) is 0. The Morgan fingerprint density at radius 2 is 1.53 bits per heavy atom. The fourth-order valence-electron chi connectivity index (χ4n) is 1.92. The van der Waals surface area contributed by atoms with Crippen LogP contribution in [0, 0.1) is 6.07 Å². The topological polar surface area (TPSA) is 12.9 Å². The van der Waals surface area contributed by atoms with Gasteiger partial charge in [-0.05, 0) is 11.8 Å². The first kappa shape index (κ1) is 13.7. The van der Waals surface area contributed by atoms with Gasteiger partial charge in [0.15, 0.2) is 0 Å². The Kier molecular flexibility index (Phi) is 4.62. The summed E-state index contributed by atoms with van der Waals surface area (Å²) in [5.74, 6) is 0. The molecule has 2 heteroatoms. The first-order valence-corrected chi connectivity index (χ1v) is 5.92. The van der Waals surface area contributed by atoms with Crippen molar-refractivity contribution >= 4 is 0 Å². The SMILES string of the molecule is [Ir].[c-]1cc(-c2ccccc2)ccc1-c1ccccn1. The third-order valence-corrected chi connectivity index (χ3v) is 2.86. The number of hydrogen-bond donors (Lipinski definition) is 0. The summed E-state index contributed by atoms with van der Waals surface area (Å²) in [6, 6.07) is 25.7. The van der Waals surface area contributed by atoms with Gasteiger partial charge in [-0.1, -0.05) is 53.6 Å². The summed E-state index contributed by atoms with van der Waals surface area (Å²) in [5, 5.41) is 0. The van der Waals surface area contributed by atoms with Gasteiger partial charge in [0.2, 0.25) is 0 Å². The van der Waals surface area contributed by atoms with Gasteiger partial charge in [0, 0.05) is 26.3 Å². The molecule has 0 bridgehead atoms. The summed E-state index contributed by atoms with van der Waals surface area (Å²) < 4.78 is 0. The van der Waals surface area contributed by atoms with Gasteiger partial charge in [0.05, 0.1) is 0 Å². The molecule has 3 rings (SSSR count). The van der Waals surface area contributed by atoms with E-state index < -0.39 is 0 Å². The normalized spacial score (nSPS) is 9.68. The van der Waals surface area contributed by atoms with Crippen molar-refractivity contribution in [3.05, 3.63) is 79.0 Å². The van der Waals surface area contributed by atoms with Crippen LogP contribution < -0.4 is 0 Å². The van der Waals surface area contributed by atoms with E-state index in [2.05, 4.69) is 35.3 Å². The number of pyridine rings is 1. The van der Waals surface area contributed by atoms with Crippen LogP contribution >= 0.6 is 0 Å². The molecule has 0 amide bonds. The predicted octanol–water partition coefficient (Wildman–Crippen LogP) is 4.21. The molecule has 1 nitrogen and oxygen atoms in total. The molecule has 3 aromatic rings. The first-order valence-electron chi connectivity index (χ1n) is 5.92. The molecule has 1 radical (unpaired) electrons. The molecule has 0 atom stereocenters. The number of hydrogen-bond acceptors (Lipinski definition) is 1. The van der Waals surface area contributed by atoms with Gasteiger partial charge >= 0.3 is 0 Å². The van der Waals surface area contributed by atoms with Crippen LogP contribution in [0.4, 0.5) is 0 Å². The Hall–Kier alpha value is -1.76. The second-order valence-corrected chi connectivity index (χ2v) is 4.07. The first-order chi connectivity index (χ1) is 8.93. The average Bonchev–Trinajstić information content (AvgIpc) is 2.49. The van der Waals surface area contributed by atoms with Gasteiger partial charge in [0.25, 0.3) is 0 Å². The summed E-state index contributed by atoms with van der Waals surface area (Å²) in [4.78, 5) is 4.32. The average molecular weight is 423 g/mol. The molecule has 1 heterocycles. The third-order valence-electron chi connectivity index (χ3n) is 2.86. The van der Waals surface area contributed by atoms with Gasteiger partial charge in [-0.25, -0.2) is 0 Å². The second kappa shape index (κ2) is 6.42. The molecule has 0 saturated heterocycles. The summed E-state index contributed by atoms with van der Waals surface area (Å²) in [5.41, 5.74) is 4.36. The van der Waals surface area contributed by atoms with E-state index in [1.165, 1.54) is 11.1 Å². The molecule has 0 N–H and O–H groups in total. The van der Waals surface area contributed by atoms with E-state index >= 15 is 0 Å². The van der Waals surface area contributed by atoms with Crippen molar-refractivity contribution in [3.63, 3.8) is 0 Å². The predicted molar refractivity (Wildman–Crippen MR) is 73.9 cm³/mol. The molecular weight excluding hydrogens is 410 g/mol. The maximum Gasteiger partial charge on any atom is 0.0160 e. The summed E-state index contributed by atoms with van der Waals surface area (Å²) >= 11 is 0. The van der Waals surface area contributed by atoms with Crippen LogP contribution in [-0.2, 0) is 20.1 Å². The van der Waals surface area contributed by atoms with Crippen molar-refractivity contribution in [2.75, 3.05) is 0 Å². The minimum Gasteiger partial charge on any atom is -0.305 e. The number of benzene rings is 2. The summed E-state index contributed by atoms with van der Waals surface area (Å²) in [6.45, 7) is 0. The number of rotatable bonds is 2. The standard InChI is InChI=1S/C17H12N.Ir/c1-2-6-14(7-3-1)15-9-11-16(12-10-15)17-8-4-5-13-18-17;/h1-11,13H;/q-1;. The van der Waals surface area contributed by atoms with Gasteiger partial charge < -0.3 is 4.98 Å². The minimum absolute atomic E-state index is 0. The van der Waals surface area contributed by atoms with Crippen LogP contribution in [0.15, 0.2) is 72.9 Å². The Morgan fingerprint density at radius 3 is 2.16 bits per heavy atom. The molecule has 0 fully saturated rings. The van der Waals surface area contributed by atoms with E-state index in [0.717, 1.165) is 11.3 Å². The van der Waals surface area contributed by atoms with Crippen LogP contribution in [0.25, 0.3) is 22.4 Å². The third kappa shape index (κ3) is 3.17. The number of nitrogens with zero attached hydrogens (tertiary/aromatic N) is 1. The molecule has 2 aromatic carbocycles. The molecule has 19 heavy (non-hydrogen) atoms. The molecule has 0 aliphatic rings. The largest absolute Gasteiger partial charge is 0.305 e. The Morgan fingerprint density at radius 1 is 0.737 bits per heavy atom. The zero-order chi connectivity index (χ0) is 12.2. The van der Waals surface area contributed by atoms with Crippen molar-refractivity contribution < 1.29 is 20.1 Å². The van der Waals surface area contributed by atoms with E-state index in [1.807, 2.05) is 42.5 Å². The fourth-order valence-corrected chi connectivity index (χ4v) is 1.92. The molecule has 0 unspecified atom stereocenters. The Bertz CT molecular complexity index is 560. The van der Waals surface area contributed by atoms with Gasteiger partial charge in [-0.3, -0.25) is 0 Å². The zero-order valence-corrected chi connectivity index (χ0v) is 12.6.